The molecule has 0 aliphatic heterocycles. The van der Waals surface area contributed by atoms with E-state index in [-0.39, 0.29) is 11.0 Å². The maximum absolute atomic E-state index is 13.6. The molecule has 0 radical (unpaired) electrons. The summed E-state index contributed by atoms with van der Waals surface area (Å²) in [7, 11) is 0. The molecule has 0 spiro atoms. The van der Waals surface area contributed by atoms with Crippen LogP contribution in [0.15, 0.2) is 46.9 Å². The lowest BCUT2D eigenvalue weighted by molar-refractivity contribution is 0.439. The molecule has 1 aliphatic rings. The summed E-state index contributed by atoms with van der Waals surface area (Å²) in [4.78, 5) is 18.5. The van der Waals surface area contributed by atoms with Gasteiger partial charge in [0, 0.05) is 11.0 Å². The average molecular weight is 366 g/mol. The summed E-state index contributed by atoms with van der Waals surface area (Å²) in [6, 6.07) is 8.27. The van der Waals surface area contributed by atoms with Crippen molar-refractivity contribution in [2.75, 3.05) is 6.26 Å². The third-order valence-electron chi connectivity index (χ3n) is 5.42. The summed E-state index contributed by atoms with van der Waals surface area (Å²) in [5.41, 5.74) is 3.70. The molecule has 6 heteroatoms. The van der Waals surface area contributed by atoms with E-state index in [2.05, 4.69) is 43.7 Å². The molecule has 0 unspecified atom stereocenters. The predicted octanol–water partition coefficient (Wildman–Crippen LogP) is 3.69. The van der Waals surface area contributed by atoms with Crippen LogP contribution in [0.2, 0.25) is 0 Å². The minimum absolute atomic E-state index is 0.00325. The minimum Gasteiger partial charge on any atom is -0.268 e. The Balaban J connectivity index is 2.17. The van der Waals surface area contributed by atoms with Crippen molar-refractivity contribution in [3.63, 3.8) is 0 Å². The molecule has 1 atom stereocenters. The van der Waals surface area contributed by atoms with Crippen LogP contribution in [0.4, 0.5) is 0 Å². The topological polar surface area (TPSA) is 52.2 Å². The monoisotopic (exact) mass is 366 g/mol. The van der Waals surface area contributed by atoms with Crippen molar-refractivity contribution < 1.29 is 0 Å². The molecule has 4 rings (SSSR count). The van der Waals surface area contributed by atoms with Crippen molar-refractivity contribution in [2.45, 2.75) is 43.8 Å². The van der Waals surface area contributed by atoms with Crippen LogP contribution in [-0.2, 0) is 18.4 Å². The Labute approximate surface area is 156 Å². The fourth-order valence-electron chi connectivity index (χ4n) is 3.88. The molecule has 0 fully saturated rings. The van der Waals surface area contributed by atoms with Gasteiger partial charge in [-0.2, -0.15) is 0 Å². The van der Waals surface area contributed by atoms with Gasteiger partial charge in [0.1, 0.15) is 0 Å². The molecule has 26 heavy (non-hydrogen) atoms. The molecule has 1 aromatic carbocycles. The molecule has 134 valence electrons. The van der Waals surface area contributed by atoms with Gasteiger partial charge in [0.05, 0.1) is 17.8 Å². The van der Waals surface area contributed by atoms with E-state index in [4.69, 9.17) is 4.98 Å². The average Bonchev–Trinajstić information content (AvgIpc) is 3.00. The van der Waals surface area contributed by atoms with E-state index in [1.165, 1.54) is 17.3 Å². The van der Waals surface area contributed by atoms with Crippen LogP contribution in [0.1, 0.15) is 31.4 Å². The van der Waals surface area contributed by atoms with Crippen molar-refractivity contribution in [1.29, 1.82) is 0 Å². The number of hydrogen-bond donors (Lipinski definition) is 0. The number of fused-ring (bicyclic) bond motifs is 4. The highest BCUT2D eigenvalue weighted by Crippen LogP contribution is 2.42. The van der Waals surface area contributed by atoms with Gasteiger partial charge in [0.25, 0.3) is 5.56 Å². The van der Waals surface area contributed by atoms with E-state index in [1.54, 1.807) is 15.2 Å². The van der Waals surface area contributed by atoms with Gasteiger partial charge in [-0.15, -0.1) is 11.7 Å². The summed E-state index contributed by atoms with van der Waals surface area (Å²) >= 11 is 1.46. The molecular weight excluding hydrogens is 344 g/mol. The Hall–Kier alpha value is -2.34. The van der Waals surface area contributed by atoms with Crippen LogP contribution in [-0.4, -0.2) is 25.4 Å². The van der Waals surface area contributed by atoms with Gasteiger partial charge < -0.3 is 0 Å². The number of allylic oxidation sites excluding steroid dienone is 1. The van der Waals surface area contributed by atoms with Gasteiger partial charge in [-0.1, -0.05) is 56.0 Å². The van der Waals surface area contributed by atoms with Crippen LogP contribution >= 0.6 is 11.8 Å². The molecule has 3 aromatic rings. The van der Waals surface area contributed by atoms with Crippen LogP contribution in [0.25, 0.3) is 17.0 Å². The molecule has 5 nitrogen and oxygen atoms in total. The van der Waals surface area contributed by atoms with Crippen LogP contribution in [0.3, 0.4) is 0 Å². The third-order valence-corrected chi connectivity index (χ3v) is 6.04. The van der Waals surface area contributed by atoms with Crippen molar-refractivity contribution in [3.8, 4) is 11.3 Å². The Bertz CT molecular complexity index is 1080. The zero-order valence-electron chi connectivity index (χ0n) is 15.3. The predicted molar refractivity (Wildman–Crippen MR) is 106 cm³/mol. The van der Waals surface area contributed by atoms with E-state index >= 15 is 0 Å². The second-order valence-corrected chi connectivity index (χ2v) is 7.75. The lowest BCUT2D eigenvalue weighted by atomic mass is 9.69. The molecular formula is C20H22N4OS. The SMILES string of the molecule is C=CCn1nc(SC)n2c(=O)c3c(nc12)-c1ccccc1C[C@@]3(C)CC. The summed E-state index contributed by atoms with van der Waals surface area (Å²) in [6.07, 6.45) is 5.44. The molecule has 2 aromatic heterocycles. The van der Waals surface area contributed by atoms with E-state index in [9.17, 15) is 4.79 Å². The Morgan fingerprint density at radius 1 is 1.38 bits per heavy atom. The smallest absolute Gasteiger partial charge is 0.265 e. The van der Waals surface area contributed by atoms with Crippen LogP contribution in [0, 0.1) is 0 Å². The zero-order chi connectivity index (χ0) is 18.5. The van der Waals surface area contributed by atoms with Gasteiger partial charge in [0.2, 0.25) is 5.78 Å². The zero-order valence-corrected chi connectivity index (χ0v) is 16.1. The fourth-order valence-corrected chi connectivity index (χ4v) is 4.41. The van der Waals surface area contributed by atoms with E-state index < -0.39 is 0 Å². The molecule has 0 N–H and O–H groups in total. The van der Waals surface area contributed by atoms with E-state index in [0.717, 1.165) is 29.7 Å². The molecule has 1 aliphatic carbocycles. The van der Waals surface area contributed by atoms with Crippen LogP contribution < -0.4 is 5.56 Å². The molecule has 0 bridgehead atoms. The van der Waals surface area contributed by atoms with E-state index in [1.807, 2.05) is 12.3 Å². The van der Waals surface area contributed by atoms with Crippen molar-refractivity contribution in [1.82, 2.24) is 19.2 Å². The lowest BCUT2D eigenvalue weighted by Gasteiger charge is -2.34. The summed E-state index contributed by atoms with van der Waals surface area (Å²) in [5.74, 6) is 0.577. The fraction of sp³-hybridized carbons (Fsp3) is 0.350. The Kier molecular flexibility index (Phi) is 4.03. The minimum atomic E-state index is -0.231. The molecule has 0 saturated carbocycles. The van der Waals surface area contributed by atoms with Gasteiger partial charge in [-0.05, 0) is 24.7 Å². The van der Waals surface area contributed by atoms with Gasteiger partial charge in [-0.3, -0.25) is 4.79 Å². The van der Waals surface area contributed by atoms with Gasteiger partial charge in [-0.25, -0.2) is 14.1 Å². The molecule has 0 saturated heterocycles. The number of hydrogen-bond acceptors (Lipinski definition) is 4. The van der Waals surface area contributed by atoms with E-state index in [0.29, 0.717) is 17.5 Å². The lowest BCUT2D eigenvalue weighted by Crippen LogP contribution is -2.37. The second-order valence-electron chi connectivity index (χ2n) is 6.98. The van der Waals surface area contributed by atoms with Crippen molar-refractivity contribution >= 4 is 17.5 Å². The highest BCUT2D eigenvalue weighted by atomic mass is 32.2. The summed E-state index contributed by atoms with van der Waals surface area (Å²) < 4.78 is 3.41. The molecule has 0 amide bonds. The Morgan fingerprint density at radius 3 is 2.85 bits per heavy atom. The number of aromatic nitrogens is 4. The quantitative estimate of drug-likeness (QED) is 0.522. The maximum atomic E-state index is 13.6. The van der Waals surface area contributed by atoms with Gasteiger partial charge in [0.15, 0.2) is 5.16 Å². The summed E-state index contributed by atoms with van der Waals surface area (Å²) in [5, 5.41) is 5.23. The first-order valence-corrected chi connectivity index (χ1v) is 10.0. The van der Waals surface area contributed by atoms with Crippen molar-refractivity contribution in [2.24, 2.45) is 0 Å². The number of benzene rings is 1. The largest absolute Gasteiger partial charge is 0.268 e. The standard InChI is InChI=1S/C20H22N4OS/c1-5-11-23-18-21-16-14-10-8-7-9-13(14)12-20(3,6-2)15(16)17(25)24(18)19(22-23)26-4/h5,7-10H,1,6,11-12H2,2-4H3/t20-/m1/s1. The van der Waals surface area contributed by atoms with Crippen LogP contribution in [0.5, 0.6) is 0 Å². The third kappa shape index (κ3) is 2.28. The maximum Gasteiger partial charge on any atom is 0.265 e. The van der Waals surface area contributed by atoms with Gasteiger partial charge >= 0.3 is 0 Å². The highest BCUT2D eigenvalue weighted by Gasteiger charge is 2.38. The normalized spacial score (nSPS) is 18.6. The highest BCUT2D eigenvalue weighted by molar-refractivity contribution is 7.98. The number of rotatable bonds is 4. The first kappa shape index (κ1) is 17.1. The Morgan fingerprint density at radius 2 is 2.15 bits per heavy atom. The number of nitrogens with zero attached hydrogens (tertiary/aromatic N) is 4. The van der Waals surface area contributed by atoms with Crippen molar-refractivity contribution in [3.05, 3.63) is 58.4 Å². The first-order chi connectivity index (χ1) is 12.5. The summed E-state index contributed by atoms with van der Waals surface area (Å²) in [6.45, 7) is 8.63. The first-order valence-electron chi connectivity index (χ1n) is 8.81. The second kappa shape index (κ2) is 6.13. The number of thioether (sulfide) groups is 1. The molecule has 2 heterocycles.